The monoisotopic (exact) mass is 522 g/mol. The van der Waals surface area contributed by atoms with Crippen molar-refractivity contribution in [1.82, 2.24) is 25.5 Å². The van der Waals surface area contributed by atoms with E-state index in [9.17, 15) is 10.1 Å². The number of hydrogen-bond acceptors (Lipinski definition) is 5. The zero-order valence-electron chi connectivity index (χ0n) is 22.1. The summed E-state index contributed by atoms with van der Waals surface area (Å²) in [6.45, 7) is 4.26. The number of aromatic nitrogens is 4. The second-order valence-corrected chi connectivity index (χ2v) is 10.3. The van der Waals surface area contributed by atoms with E-state index in [4.69, 9.17) is 4.98 Å². The minimum Gasteiger partial charge on any atom is -0.347 e. The Bertz CT molecular complexity index is 1880. The average Bonchev–Trinajstić information content (AvgIpc) is 3.50. The van der Waals surface area contributed by atoms with Gasteiger partial charge < -0.3 is 5.32 Å². The van der Waals surface area contributed by atoms with Crippen LogP contribution in [0.15, 0.2) is 97.3 Å². The van der Waals surface area contributed by atoms with Crippen LogP contribution in [0.25, 0.3) is 44.2 Å². The molecule has 7 heteroatoms. The Balaban J connectivity index is 1.29. The number of H-pyrrole nitrogens is 1. The number of pyridine rings is 2. The molecule has 0 spiro atoms. The summed E-state index contributed by atoms with van der Waals surface area (Å²) in [6, 6.07) is 29.8. The molecular weight excluding hydrogens is 496 g/mol. The molecule has 3 heterocycles. The van der Waals surface area contributed by atoms with Crippen LogP contribution in [0.1, 0.15) is 35.5 Å². The Morgan fingerprint density at radius 2 is 1.65 bits per heavy atom. The predicted molar refractivity (Wildman–Crippen MR) is 156 cm³/mol. The lowest BCUT2D eigenvalue weighted by Crippen LogP contribution is -2.23. The van der Waals surface area contributed by atoms with Crippen LogP contribution in [-0.4, -0.2) is 26.1 Å². The summed E-state index contributed by atoms with van der Waals surface area (Å²) in [5.41, 5.74) is 7.12. The molecule has 0 fully saturated rings. The Morgan fingerprint density at radius 3 is 2.38 bits per heavy atom. The second-order valence-electron chi connectivity index (χ2n) is 10.3. The number of nitriles is 1. The Hall–Kier alpha value is -5.35. The number of benzene rings is 3. The van der Waals surface area contributed by atoms with Crippen LogP contribution in [0.5, 0.6) is 0 Å². The van der Waals surface area contributed by atoms with Crippen molar-refractivity contribution in [1.29, 1.82) is 5.26 Å². The third kappa shape index (κ3) is 4.67. The maximum absolute atomic E-state index is 12.6. The highest BCUT2D eigenvalue weighted by atomic mass is 16.1. The SMILES string of the molecule is CC(C)(C#N)c1ccc(-c2nc3ccc(-c4ccc(C(=O)NCc5ccccc5)nc4)cc3c3cn[nH]c23)cc1. The molecule has 0 aliphatic rings. The fourth-order valence-electron chi connectivity index (χ4n) is 4.76. The quantitative estimate of drug-likeness (QED) is 0.257. The van der Waals surface area contributed by atoms with Gasteiger partial charge in [-0.2, -0.15) is 10.4 Å². The summed E-state index contributed by atoms with van der Waals surface area (Å²) in [5.74, 6) is -0.213. The first-order chi connectivity index (χ1) is 19.4. The topological polar surface area (TPSA) is 107 Å². The minimum absolute atomic E-state index is 0.213. The molecule has 6 aromatic rings. The number of amides is 1. The van der Waals surface area contributed by atoms with Gasteiger partial charge in [-0.15, -0.1) is 0 Å². The average molecular weight is 523 g/mol. The summed E-state index contributed by atoms with van der Waals surface area (Å²) < 4.78 is 0. The Morgan fingerprint density at radius 1 is 0.900 bits per heavy atom. The molecule has 0 unspecified atom stereocenters. The molecule has 6 rings (SSSR count). The van der Waals surface area contributed by atoms with Gasteiger partial charge in [0.15, 0.2) is 0 Å². The highest BCUT2D eigenvalue weighted by Crippen LogP contribution is 2.34. The highest BCUT2D eigenvalue weighted by Gasteiger charge is 2.20. The van der Waals surface area contributed by atoms with E-state index < -0.39 is 5.41 Å². The second kappa shape index (κ2) is 10.1. The fraction of sp³-hybridized carbons (Fsp3) is 0.121. The molecule has 0 aliphatic carbocycles. The van der Waals surface area contributed by atoms with E-state index in [2.05, 4.69) is 32.6 Å². The van der Waals surface area contributed by atoms with Crippen molar-refractivity contribution in [2.75, 3.05) is 0 Å². The highest BCUT2D eigenvalue weighted by molar-refractivity contribution is 6.10. The summed E-state index contributed by atoms with van der Waals surface area (Å²) in [6.07, 6.45) is 3.54. The first-order valence-corrected chi connectivity index (χ1v) is 13.0. The number of carbonyl (C=O) groups is 1. The molecule has 0 saturated carbocycles. The standard InChI is InChI=1S/C33H26N6O/c1-33(2,20-34)25-12-8-22(9-13-25)30-31-27(19-37-39-31)26-16-23(10-14-28(26)38-30)24-11-15-29(35-18-24)32(40)36-17-21-6-4-3-5-7-21/h3-16,18-19H,17H2,1-2H3,(H,36,40)(H,37,39). The summed E-state index contributed by atoms with van der Waals surface area (Å²) >= 11 is 0. The lowest BCUT2D eigenvalue weighted by Gasteiger charge is -2.16. The van der Waals surface area contributed by atoms with Crippen LogP contribution < -0.4 is 5.32 Å². The van der Waals surface area contributed by atoms with Crippen molar-refractivity contribution < 1.29 is 4.79 Å². The van der Waals surface area contributed by atoms with Gasteiger partial charge in [0.05, 0.1) is 34.4 Å². The van der Waals surface area contributed by atoms with Crippen LogP contribution in [0.3, 0.4) is 0 Å². The molecule has 0 bridgehead atoms. The summed E-state index contributed by atoms with van der Waals surface area (Å²) in [4.78, 5) is 22.0. The molecule has 7 nitrogen and oxygen atoms in total. The lowest BCUT2D eigenvalue weighted by atomic mass is 9.86. The van der Waals surface area contributed by atoms with Crippen LogP contribution in [0.4, 0.5) is 0 Å². The van der Waals surface area contributed by atoms with Crippen LogP contribution in [0, 0.1) is 11.3 Å². The van der Waals surface area contributed by atoms with Crippen LogP contribution in [-0.2, 0) is 12.0 Å². The molecule has 40 heavy (non-hydrogen) atoms. The van der Waals surface area contributed by atoms with Crippen LogP contribution in [0.2, 0.25) is 0 Å². The minimum atomic E-state index is -0.561. The lowest BCUT2D eigenvalue weighted by molar-refractivity contribution is 0.0946. The maximum atomic E-state index is 12.6. The molecule has 194 valence electrons. The molecule has 0 aliphatic heterocycles. The van der Waals surface area contributed by atoms with Gasteiger partial charge in [-0.1, -0.05) is 66.7 Å². The smallest absolute Gasteiger partial charge is 0.270 e. The van der Waals surface area contributed by atoms with E-state index in [1.165, 1.54) is 0 Å². The number of carbonyl (C=O) groups excluding carboxylic acids is 1. The van der Waals surface area contributed by atoms with Gasteiger partial charge in [0.25, 0.3) is 5.91 Å². The number of nitrogens with one attached hydrogen (secondary N) is 2. The number of rotatable bonds is 6. The normalized spacial score (nSPS) is 11.4. The molecule has 3 aromatic heterocycles. The Kier molecular flexibility index (Phi) is 6.29. The largest absolute Gasteiger partial charge is 0.347 e. The van der Waals surface area contributed by atoms with Crippen LogP contribution >= 0.6 is 0 Å². The third-order valence-corrected chi connectivity index (χ3v) is 7.18. The van der Waals surface area contributed by atoms with Gasteiger partial charge in [-0.05, 0) is 48.7 Å². The van der Waals surface area contributed by atoms with Gasteiger partial charge in [0.2, 0.25) is 0 Å². The Labute approximate surface area is 231 Å². The first-order valence-electron chi connectivity index (χ1n) is 13.0. The van der Waals surface area contributed by atoms with Crippen molar-refractivity contribution in [3.05, 3.63) is 114 Å². The number of nitrogens with zero attached hydrogens (tertiary/aromatic N) is 4. The van der Waals surface area contributed by atoms with Gasteiger partial charge in [0.1, 0.15) is 5.69 Å². The van der Waals surface area contributed by atoms with Gasteiger partial charge in [-0.25, -0.2) is 4.98 Å². The van der Waals surface area contributed by atoms with Gasteiger partial charge >= 0.3 is 0 Å². The van der Waals surface area contributed by atoms with Crippen molar-refractivity contribution in [3.8, 4) is 28.5 Å². The van der Waals surface area contributed by atoms with E-state index in [0.717, 1.165) is 55.3 Å². The van der Waals surface area contributed by atoms with Gasteiger partial charge in [0, 0.05) is 34.6 Å². The van der Waals surface area contributed by atoms with E-state index in [1.807, 2.05) is 92.8 Å². The van der Waals surface area contributed by atoms with Crippen molar-refractivity contribution in [2.24, 2.45) is 0 Å². The fourth-order valence-corrected chi connectivity index (χ4v) is 4.76. The molecule has 1 amide bonds. The van der Waals surface area contributed by atoms with E-state index in [1.54, 1.807) is 12.3 Å². The molecule has 0 saturated heterocycles. The van der Waals surface area contributed by atoms with E-state index in [-0.39, 0.29) is 5.91 Å². The van der Waals surface area contributed by atoms with Gasteiger partial charge in [-0.3, -0.25) is 14.9 Å². The summed E-state index contributed by atoms with van der Waals surface area (Å²) in [7, 11) is 0. The number of hydrogen-bond donors (Lipinski definition) is 2. The molecule has 0 radical (unpaired) electrons. The zero-order chi connectivity index (χ0) is 27.7. The third-order valence-electron chi connectivity index (χ3n) is 7.18. The predicted octanol–water partition coefficient (Wildman–Crippen LogP) is 6.57. The summed E-state index contributed by atoms with van der Waals surface area (Å²) in [5, 5.41) is 21.8. The molecule has 0 atom stereocenters. The van der Waals surface area contributed by atoms with Crippen molar-refractivity contribution >= 4 is 27.7 Å². The zero-order valence-corrected chi connectivity index (χ0v) is 22.1. The first kappa shape index (κ1) is 25.0. The molecular formula is C33H26N6O. The van der Waals surface area contributed by atoms with E-state index >= 15 is 0 Å². The molecule has 2 N–H and O–H groups in total. The van der Waals surface area contributed by atoms with Crippen molar-refractivity contribution in [2.45, 2.75) is 25.8 Å². The van der Waals surface area contributed by atoms with Crippen molar-refractivity contribution in [3.63, 3.8) is 0 Å². The number of fused-ring (bicyclic) bond motifs is 3. The maximum Gasteiger partial charge on any atom is 0.270 e. The molecule has 3 aromatic carbocycles. The van der Waals surface area contributed by atoms with E-state index in [0.29, 0.717) is 12.2 Å². The number of aromatic amines is 1.